The minimum atomic E-state index is -0.461. The maximum Gasteiger partial charge on any atom is 0.322 e. The highest BCUT2D eigenvalue weighted by Crippen LogP contribution is 2.08. The first-order valence-corrected chi connectivity index (χ1v) is 6.81. The second-order valence-electron chi connectivity index (χ2n) is 4.61. The largest absolute Gasteiger partial charge is 0.394 e. The molecular formula is C13H25N3O4. The molecule has 0 spiro atoms. The molecule has 3 unspecified atom stereocenters. The predicted octanol–water partition coefficient (Wildman–Crippen LogP) is -0.127. The van der Waals surface area contributed by atoms with Crippen molar-refractivity contribution in [1.29, 1.82) is 0 Å². The number of nitrogens with one attached hydrogen (secondary N) is 2. The lowest BCUT2D eigenvalue weighted by atomic mass is 10.2. The van der Waals surface area contributed by atoms with E-state index in [0.717, 1.165) is 13.0 Å². The standard InChI is InChI=1S/C13H25N3O4/c1-4-6-14-12-5-7-16(13(18)15-12)8-10(19-2)11(9-17)20-3/h5,7,10-12,14,17H,4,6,8-9H2,1-3H3,(H,15,18). The maximum atomic E-state index is 12.0. The molecule has 3 N–H and O–H groups in total. The zero-order valence-electron chi connectivity index (χ0n) is 12.3. The first-order chi connectivity index (χ1) is 9.65. The van der Waals surface area contributed by atoms with Gasteiger partial charge in [-0.25, -0.2) is 4.79 Å². The maximum absolute atomic E-state index is 12.0. The molecule has 1 aliphatic rings. The van der Waals surface area contributed by atoms with Gasteiger partial charge in [0.05, 0.1) is 13.2 Å². The summed E-state index contributed by atoms with van der Waals surface area (Å²) in [6, 6.07) is -0.198. The second-order valence-corrected chi connectivity index (χ2v) is 4.61. The fourth-order valence-electron chi connectivity index (χ4n) is 1.97. The molecule has 116 valence electrons. The van der Waals surface area contributed by atoms with Gasteiger partial charge in [-0.2, -0.15) is 0 Å². The van der Waals surface area contributed by atoms with Gasteiger partial charge in [0.1, 0.15) is 18.4 Å². The smallest absolute Gasteiger partial charge is 0.322 e. The van der Waals surface area contributed by atoms with Crippen LogP contribution in [0.1, 0.15) is 13.3 Å². The molecule has 7 nitrogen and oxygen atoms in total. The molecule has 2 amide bonds. The van der Waals surface area contributed by atoms with Crippen LogP contribution in [0.3, 0.4) is 0 Å². The van der Waals surface area contributed by atoms with E-state index in [9.17, 15) is 9.90 Å². The van der Waals surface area contributed by atoms with Crippen LogP contribution >= 0.6 is 0 Å². The molecule has 20 heavy (non-hydrogen) atoms. The van der Waals surface area contributed by atoms with Crippen molar-refractivity contribution in [3.8, 4) is 0 Å². The zero-order chi connectivity index (χ0) is 15.0. The molecule has 1 aliphatic heterocycles. The molecule has 7 heteroatoms. The summed E-state index contributed by atoms with van der Waals surface area (Å²) < 4.78 is 10.4. The molecule has 0 fully saturated rings. The number of urea groups is 1. The van der Waals surface area contributed by atoms with Crippen LogP contribution in [0.4, 0.5) is 4.79 Å². The Morgan fingerprint density at radius 2 is 2.15 bits per heavy atom. The Morgan fingerprint density at radius 1 is 1.45 bits per heavy atom. The van der Waals surface area contributed by atoms with Crippen molar-refractivity contribution in [3.05, 3.63) is 12.3 Å². The Hall–Kier alpha value is -1.15. The first kappa shape index (κ1) is 16.9. The molecule has 0 aromatic rings. The minimum absolute atomic E-state index is 0.143. The van der Waals surface area contributed by atoms with Gasteiger partial charge in [-0.15, -0.1) is 0 Å². The fraction of sp³-hybridized carbons (Fsp3) is 0.769. The lowest BCUT2D eigenvalue weighted by molar-refractivity contribution is -0.0647. The summed E-state index contributed by atoms with van der Waals surface area (Å²) in [7, 11) is 3.03. The van der Waals surface area contributed by atoms with E-state index in [1.807, 2.05) is 6.08 Å². The van der Waals surface area contributed by atoms with Gasteiger partial charge in [-0.3, -0.25) is 10.2 Å². The van der Waals surface area contributed by atoms with Crippen molar-refractivity contribution < 1.29 is 19.4 Å². The minimum Gasteiger partial charge on any atom is -0.394 e. The summed E-state index contributed by atoms with van der Waals surface area (Å²) in [5.74, 6) is 0. The average Bonchev–Trinajstić information content (AvgIpc) is 2.47. The molecular weight excluding hydrogens is 262 g/mol. The van der Waals surface area contributed by atoms with E-state index in [4.69, 9.17) is 9.47 Å². The topological polar surface area (TPSA) is 83.1 Å². The number of hydrogen-bond acceptors (Lipinski definition) is 5. The van der Waals surface area contributed by atoms with Gasteiger partial charge in [0.15, 0.2) is 0 Å². The van der Waals surface area contributed by atoms with Gasteiger partial charge >= 0.3 is 6.03 Å². The highest BCUT2D eigenvalue weighted by atomic mass is 16.5. The predicted molar refractivity (Wildman–Crippen MR) is 75.1 cm³/mol. The summed E-state index contributed by atoms with van der Waals surface area (Å²) in [5, 5.41) is 15.2. The van der Waals surface area contributed by atoms with Crippen molar-refractivity contribution in [2.75, 3.05) is 33.9 Å². The van der Waals surface area contributed by atoms with Gasteiger partial charge in [-0.1, -0.05) is 6.92 Å². The number of nitrogens with zero attached hydrogens (tertiary/aromatic N) is 1. The molecule has 0 saturated carbocycles. The third kappa shape index (κ3) is 4.75. The molecule has 3 atom stereocenters. The van der Waals surface area contributed by atoms with Crippen LogP contribution in [0.5, 0.6) is 0 Å². The molecule has 1 heterocycles. The van der Waals surface area contributed by atoms with Crippen LogP contribution in [0.25, 0.3) is 0 Å². The highest BCUT2D eigenvalue weighted by molar-refractivity contribution is 5.77. The van der Waals surface area contributed by atoms with Gasteiger partial charge in [0.2, 0.25) is 0 Å². The molecule has 0 aromatic carbocycles. The Labute approximate surface area is 119 Å². The van der Waals surface area contributed by atoms with E-state index in [2.05, 4.69) is 17.6 Å². The Balaban J connectivity index is 2.57. The molecule has 1 rings (SSSR count). The molecule has 0 bridgehead atoms. The van der Waals surface area contributed by atoms with Crippen LogP contribution < -0.4 is 10.6 Å². The van der Waals surface area contributed by atoms with E-state index < -0.39 is 6.10 Å². The van der Waals surface area contributed by atoms with Crippen LogP contribution in [-0.4, -0.2) is 68.3 Å². The third-order valence-corrected chi connectivity index (χ3v) is 3.19. The zero-order valence-corrected chi connectivity index (χ0v) is 12.3. The van der Waals surface area contributed by atoms with Crippen LogP contribution in [0, 0.1) is 0 Å². The van der Waals surface area contributed by atoms with Gasteiger partial charge in [-0.05, 0) is 19.0 Å². The van der Waals surface area contributed by atoms with E-state index in [0.29, 0.717) is 6.54 Å². The Bertz CT molecular complexity index is 321. The van der Waals surface area contributed by atoms with Crippen molar-refractivity contribution >= 4 is 6.03 Å². The summed E-state index contributed by atoms with van der Waals surface area (Å²) in [6.07, 6.45) is 3.61. The number of ether oxygens (including phenoxy) is 2. The van der Waals surface area contributed by atoms with E-state index in [1.54, 1.807) is 6.20 Å². The highest BCUT2D eigenvalue weighted by Gasteiger charge is 2.27. The van der Waals surface area contributed by atoms with Crippen LogP contribution in [0.15, 0.2) is 12.3 Å². The van der Waals surface area contributed by atoms with Crippen molar-refractivity contribution in [3.63, 3.8) is 0 Å². The van der Waals surface area contributed by atoms with Gasteiger partial charge < -0.3 is 19.9 Å². The van der Waals surface area contributed by atoms with Crippen molar-refractivity contribution in [1.82, 2.24) is 15.5 Å². The van der Waals surface area contributed by atoms with Crippen molar-refractivity contribution in [2.24, 2.45) is 0 Å². The monoisotopic (exact) mass is 287 g/mol. The number of amides is 2. The molecule has 0 radical (unpaired) electrons. The summed E-state index contributed by atoms with van der Waals surface area (Å²) in [6.45, 7) is 3.07. The number of aliphatic hydroxyl groups excluding tert-OH is 1. The van der Waals surface area contributed by atoms with Crippen molar-refractivity contribution in [2.45, 2.75) is 31.7 Å². The van der Waals surface area contributed by atoms with E-state index in [1.165, 1.54) is 19.1 Å². The van der Waals surface area contributed by atoms with Gasteiger partial charge in [0.25, 0.3) is 0 Å². The van der Waals surface area contributed by atoms with Crippen LogP contribution in [0.2, 0.25) is 0 Å². The first-order valence-electron chi connectivity index (χ1n) is 6.81. The number of rotatable bonds is 9. The normalized spacial score (nSPS) is 21.7. The third-order valence-electron chi connectivity index (χ3n) is 3.19. The quantitative estimate of drug-likeness (QED) is 0.550. The second kappa shape index (κ2) is 8.91. The number of hydrogen-bond donors (Lipinski definition) is 3. The SMILES string of the molecule is CCCNC1C=CN(CC(OC)C(CO)OC)C(=O)N1. The number of aliphatic hydroxyl groups is 1. The Morgan fingerprint density at radius 3 is 2.65 bits per heavy atom. The van der Waals surface area contributed by atoms with E-state index in [-0.39, 0.29) is 24.9 Å². The summed E-state index contributed by atoms with van der Waals surface area (Å²) in [4.78, 5) is 13.5. The lowest BCUT2D eigenvalue weighted by Crippen LogP contribution is -2.54. The Kier molecular flexibility index (Phi) is 7.53. The fourth-order valence-corrected chi connectivity index (χ4v) is 1.97. The van der Waals surface area contributed by atoms with Gasteiger partial charge in [0, 0.05) is 20.4 Å². The van der Waals surface area contributed by atoms with E-state index >= 15 is 0 Å². The average molecular weight is 287 g/mol. The molecule has 0 saturated heterocycles. The summed E-state index contributed by atoms with van der Waals surface area (Å²) >= 11 is 0. The molecule has 0 aromatic heterocycles. The summed E-state index contributed by atoms with van der Waals surface area (Å²) in [5.41, 5.74) is 0. The number of carbonyl (C=O) groups is 1. The molecule has 0 aliphatic carbocycles. The van der Waals surface area contributed by atoms with Crippen LogP contribution in [-0.2, 0) is 9.47 Å². The lowest BCUT2D eigenvalue weighted by Gasteiger charge is -2.32. The number of methoxy groups -OCH3 is 2. The number of carbonyl (C=O) groups excluding carboxylic acids is 1.